The fraction of sp³-hybridized carbons (Fsp3) is 0.500. The van der Waals surface area contributed by atoms with Crippen molar-refractivity contribution in [3.05, 3.63) is 17.7 Å². The first-order valence-electron chi connectivity index (χ1n) is 6.47. The van der Waals surface area contributed by atoms with Crippen LogP contribution in [0, 0.1) is 0 Å². The molecule has 1 amide bonds. The zero-order valence-corrected chi connectivity index (χ0v) is 12.8. The molecule has 0 aliphatic carbocycles. The number of hydrogen-bond donors (Lipinski definition) is 1. The number of nitrogens with zero attached hydrogens (tertiary/aromatic N) is 1. The molecule has 1 heterocycles. The van der Waals surface area contributed by atoms with Crippen LogP contribution in [0.25, 0.3) is 0 Å². The van der Waals surface area contributed by atoms with E-state index in [4.69, 9.17) is 9.47 Å². The third-order valence-corrected chi connectivity index (χ3v) is 2.88. The maximum atomic E-state index is 11.8. The maximum Gasteiger partial charge on any atom is 0.238 e. The molecule has 0 aromatic heterocycles. The minimum atomic E-state index is -0.0311. The number of halogens is 1. The van der Waals surface area contributed by atoms with Gasteiger partial charge in [0.25, 0.3) is 0 Å². The van der Waals surface area contributed by atoms with Crippen LogP contribution in [0.15, 0.2) is 12.1 Å². The molecule has 0 saturated heterocycles. The highest BCUT2D eigenvalue weighted by molar-refractivity contribution is 5.93. The Bertz CT molecular complexity index is 478. The Labute approximate surface area is 125 Å². The highest BCUT2D eigenvalue weighted by Crippen LogP contribution is 2.35. The van der Waals surface area contributed by atoms with Gasteiger partial charge in [-0.15, -0.1) is 0 Å². The molecular weight excluding hydrogens is 280 g/mol. The fourth-order valence-corrected chi connectivity index (χ4v) is 2.02. The molecule has 1 aliphatic rings. The van der Waals surface area contributed by atoms with E-state index in [1.54, 1.807) is 0 Å². The number of carbonyl (C=O) groups excluding carboxylic acids is 1. The number of aryl methyl sites for hydroxylation is 1. The second kappa shape index (κ2) is 7.36. The van der Waals surface area contributed by atoms with E-state index in [1.807, 2.05) is 38.1 Å². The van der Waals surface area contributed by atoms with Gasteiger partial charge in [0, 0.05) is 11.8 Å². The lowest BCUT2D eigenvalue weighted by Gasteiger charge is -2.21. The maximum absolute atomic E-state index is 11.8. The molecule has 1 aliphatic heterocycles. The Balaban J connectivity index is 0.00000200. The Kier molecular flexibility index (Phi) is 6.10. The topological polar surface area (TPSA) is 50.8 Å². The lowest BCUT2D eigenvalue weighted by atomic mass is 10.1. The molecule has 0 spiro atoms. The number of fused-ring (bicyclic) bond motifs is 1. The number of hydrogen-bond acceptors (Lipinski definition) is 4. The molecule has 112 valence electrons. The van der Waals surface area contributed by atoms with Crippen LogP contribution >= 0.6 is 0 Å². The normalized spacial score (nSPS) is 12.8. The summed E-state index contributed by atoms with van der Waals surface area (Å²) in [5, 5.41) is 2.93. The summed E-state index contributed by atoms with van der Waals surface area (Å²) in [6.45, 7) is 3.52. The number of anilines is 1. The van der Waals surface area contributed by atoms with Crippen molar-refractivity contribution in [2.75, 3.05) is 39.2 Å². The van der Waals surface area contributed by atoms with E-state index in [0.29, 0.717) is 25.5 Å². The second-order valence-corrected chi connectivity index (χ2v) is 4.79. The van der Waals surface area contributed by atoms with Crippen LogP contribution in [0.1, 0.15) is 12.5 Å². The molecule has 1 N–H and O–H groups in total. The predicted molar refractivity (Wildman–Crippen MR) is 74.0 cm³/mol. The van der Waals surface area contributed by atoms with Gasteiger partial charge in [-0.25, -0.2) is 0 Å². The molecule has 2 rings (SSSR count). The largest absolute Gasteiger partial charge is 1.00 e. The van der Waals surface area contributed by atoms with E-state index in [1.165, 1.54) is 0 Å². The highest BCUT2D eigenvalue weighted by Gasteiger charge is 2.16. The number of carbonyl (C=O) groups is 1. The number of ether oxygens (including phenoxy) is 2. The summed E-state index contributed by atoms with van der Waals surface area (Å²) in [6.07, 6.45) is 0.828. The third kappa shape index (κ3) is 4.02. The van der Waals surface area contributed by atoms with Crippen LogP contribution in [0.3, 0.4) is 0 Å². The average Bonchev–Trinajstić information content (AvgIpc) is 2.36. The summed E-state index contributed by atoms with van der Waals surface area (Å²) in [4.78, 5) is 13.7. The molecule has 0 fully saturated rings. The molecule has 1 aromatic rings. The summed E-state index contributed by atoms with van der Waals surface area (Å²) in [5.74, 6) is 1.42. The van der Waals surface area contributed by atoms with Crippen molar-refractivity contribution in [1.29, 1.82) is 0 Å². The van der Waals surface area contributed by atoms with Gasteiger partial charge in [0.1, 0.15) is 13.2 Å². The van der Waals surface area contributed by atoms with Gasteiger partial charge < -0.3 is 32.1 Å². The van der Waals surface area contributed by atoms with Crippen molar-refractivity contribution < 1.29 is 26.7 Å². The molecule has 5 nitrogen and oxygen atoms in total. The first-order valence-corrected chi connectivity index (χ1v) is 6.47. The van der Waals surface area contributed by atoms with Crippen LogP contribution in [0.4, 0.5) is 5.69 Å². The van der Waals surface area contributed by atoms with Crippen LogP contribution in [-0.2, 0) is 11.2 Å². The van der Waals surface area contributed by atoms with Gasteiger partial charge >= 0.3 is 0 Å². The lowest BCUT2D eigenvalue weighted by Crippen LogP contribution is -3.00. The van der Waals surface area contributed by atoms with Crippen LogP contribution in [0.2, 0.25) is 0 Å². The standard InChI is InChI=1S/C14H20N2O3.ClH/c1-4-10-7-12-13(19-6-5-18-12)8-11(10)15-14(17)9-16(2)3;/h7-8H,4-6,9H2,1-3H3,(H,15,17);1H/p-1. The summed E-state index contributed by atoms with van der Waals surface area (Å²) in [6, 6.07) is 3.79. The van der Waals surface area contributed by atoms with Crippen molar-refractivity contribution in [3.8, 4) is 11.5 Å². The van der Waals surface area contributed by atoms with E-state index in [9.17, 15) is 4.79 Å². The first-order chi connectivity index (χ1) is 9.10. The summed E-state index contributed by atoms with van der Waals surface area (Å²) in [5.41, 5.74) is 1.86. The number of benzene rings is 1. The number of rotatable bonds is 4. The number of nitrogens with one attached hydrogen (secondary N) is 1. The van der Waals surface area contributed by atoms with Gasteiger partial charge in [-0.3, -0.25) is 4.79 Å². The minimum Gasteiger partial charge on any atom is -1.00 e. The molecule has 0 radical (unpaired) electrons. The minimum absolute atomic E-state index is 0. The van der Waals surface area contributed by atoms with Gasteiger partial charge in [0.15, 0.2) is 11.5 Å². The Morgan fingerprint density at radius 1 is 1.25 bits per heavy atom. The zero-order chi connectivity index (χ0) is 13.8. The Morgan fingerprint density at radius 3 is 2.40 bits per heavy atom. The van der Waals surface area contributed by atoms with E-state index in [0.717, 1.165) is 23.4 Å². The van der Waals surface area contributed by atoms with Crippen molar-refractivity contribution in [1.82, 2.24) is 4.90 Å². The lowest BCUT2D eigenvalue weighted by molar-refractivity contribution is -0.116. The molecule has 6 heteroatoms. The predicted octanol–water partition coefficient (Wildman–Crippen LogP) is -1.48. The first kappa shape index (κ1) is 16.6. The summed E-state index contributed by atoms with van der Waals surface area (Å²) in [7, 11) is 3.73. The SMILES string of the molecule is CCc1cc2c(cc1NC(=O)CN(C)C)OCCO2.[Cl-]. The van der Waals surface area contributed by atoms with E-state index < -0.39 is 0 Å². The Hall–Kier alpha value is -1.46. The van der Waals surface area contributed by atoms with Gasteiger partial charge in [-0.2, -0.15) is 0 Å². The third-order valence-electron chi connectivity index (χ3n) is 2.88. The second-order valence-electron chi connectivity index (χ2n) is 4.79. The van der Waals surface area contributed by atoms with Crippen LogP contribution in [0.5, 0.6) is 11.5 Å². The van der Waals surface area contributed by atoms with Crippen molar-refractivity contribution >= 4 is 11.6 Å². The summed E-state index contributed by atoms with van der Waals surface area (Å²) >= 11 is 0. The molecule has 0 atom stereocenters. The van der Waals surface area contributed by atoms with Crippen LogP contribution < -0.4 is 27.2 Å². The highest BCUT2D eigenvalue weighted by atomic mass is 35.5. The van der Waals surface area contributed by atoms with Gasteiger partial charge in [0.05, 0.1) is 6.54 Å². The summed E-state index contributed by atoms with van der Waals surface area (Å²) < 4.78 is 11.1. The molecule has 1 aromatic carbocycles. The van der Waals surface area contributed by atoms with Crippen LogP contribution in [-0.4, -0.2) is 44.7 Å². The molecule has 20 heavy (non-hydrogen) atoms. The molecule has 0 unspecified atom stereocenters. The van der Waals surface area contributed by atoms with Crippen molar-refractivity contribution in [2.24, 2.45) is 0 Å². The van der Waals surface area contributed by atoms with E-state index in [-0.39, 0.29) is 18.3 Å². The average molecular weight is 300 g/mol. The molecule has 0 bridgehead atoms. The fourth-order valence-electron chi connectivity index (χ4n) is 2.02. The van der Waals surface area contributed by atoms with E-state index >= 15 is 0 Å². The van der Waals surface area contributed by atoms with Gasteiger partial charge in [-0.05, 0) is 32.1 Å². The van der Waals surface area contributed by atoms with Crippen molar-refractivity contribution in [3.63, 3.8) is 0 Å². The van der Waals surface area contributed by atoms with E-state index in [2.05, 4.69) is 5.32 Å². The molecular formula is C14H20ClN2O3-. The number of amides is 1. The van der Waals surface area contributed by atoms with Gasteiger partial charge in [0.2, 0.25) is 5.91 Å². The smallest absolute Gasteiger partial charge is 0.238 e. The quantitative estimate of drug-likeness (QED) is 0.737. The van der Waals surface area contributed by atoms with Gasteiger partial charge in [-0.1, -0.05) is 6.92 Å². The zero-order valence-electron chi connectivity index (χ0n) is 12.0. The Morgan fingerprint density at radius 2 is 1.85 bits per heavy atom. The molecule has 0 saturated carbocycles. The van der Waals surface area contributed by atoms with Crippen molar-refractivity contribution in [2.45, 2.75) is 13.3 Å². The monoisotopic (exact) mass is 299 g/mol. The number of likely N-dealkylation sites (N-methyl/N-ethyl adjacent to an activating group) is 1.